The summed E-state index contributed by atoms with van der Waals surface area (Å²) in [5.74, 6) is 0.271. The number of aromatic nitrogens is 5. The molecule has 10 heteroatoms. The van der Waals surface area contributed by atoms with Gasteiger partial charge >= 0.3 is 0 Å². The zero-order valence-corrected chi connectivity index (χ0v) is 12.6. The number of carbonyl (C=O) groups excluding carboxylic acids is 1. The molecular weight excluding hydrogens is 306 g/mol. The molecule has 0 aromatic carbocycles. The number of aromatic amines is 2. The highest BCUT2D eigenvalue weighted by atomic mass is 32.1. The molecule has 3 rings (SSSR count). The lowest BCUT2D eigenvalue weighted by molar-refractivity contribution is 0.0942. The van der Waals surface area contributed by atoms with Crippen molar-refractivity contribution in [3.63, 3.8) is 0 Å². The van der Waals surface area contributed by atoms with Crippen molar-refractivity contribution in [2.24, 2.45) is 0 Å². The first-order chi connectivity index (χ1) is 10.5. The van der Waals surface area contributed by atoms with Crippen LogP contribution in [-0.2, 0) is 0 Å². The Morgan fingerprint density at radius 2 is 2.27 bits per heavy atom. The Kier molecular flexibility index (Phi) is 3.37. The largest absolute Gasteiger partial charge is 0.367 e. The number of carbonyl (C=O) groups is 1. The SMILES string of the molecule is Cc1c(C(=O)N[C@@H](C)c2nc(N)n[nH]2)sc2nc[nH]c(=O)c12. The summed E-state index contributed by atoms with van der Waals surface area (Å²) in [7, 11) is 0. The molecule has 22 heavy (non-hydrogen) atoms. The van der Waals surface area contributed by atoms with Gasteiger partial charge in [-0.1, -0.05) is 0 Å². The van der Waals surface area contributed by atoms with Gasteiger partial charge in [-0.2, -0.15) is 4.98 Å². The van der Waals surface area contributed by atoms with Crippen molar-refractivity contribution in [1.29, 1.82) is 0 Å². The highest BCUT2D eigenvalue weighted by Crippen LogP contribution is 2.26. The lowest BCUT2D eigenvalue weighted by Gasteiger charge is -2.10. The van der Waals surface area contributed by atoms with Gasteiger partial charge in [0.2, 0.25) is 5.95 Å². The van der Waals surface area contributed by atoms with Gasteiger partial charge in [0.15, 0.2) is 0 Å². The van der Waals surface area contributed by atoms with Crippen LogP contribution in [-0.4, -0.2) is 31.1 Å². The number of rotatable bonds is 3. The smallest absolute Gasteiger partial charge is 0.262 e. The van der Waals surface area contributed by atoms with Gasteiger partial charge in [0, 0.05) is 0 Å². The van der Waals surface area contributed by atoms with Crippen LogP contribution in [0.1, 0.15) is 34.0 Å². The molecule has 5 N–H and O–H groups in total. The van der Waals surface area contributed by atoms with Crippen molar-refractivity contribution in [3.8, 4) is 0 Å². The number of amides is 1. The second-order valence-corrected chi connectivity index (χ2v) is 5.74. The second kappa shape index (κ2) is 5.22. The van der Waals surface area contributed by atoms with Crippen LogP contribution in [0.15, 0.2) is 11.1 Å². The monoisotopic (exact) mass is 319 g/mol. The van der Waals surface area contributed by atoms with Crippen molar-refractivity contribution in [3.05, 3.63) is 32.9 Å². The average Bonchev–Trinajstić information content (AvgIpc) is 3.04. The molecule has 3 aromatic rings. The minimum absolute atomic E-state index is 0.116. The number of hydrogen-bond acceptors (Lipinski definition) is 7. The molecular formula is C12H13N7O2S. The summed E-state index contributed by atoms with van der Waals surface area (Å²) < 4.78 is 0. The van der Waals surface area contributed by atoms with E-state index in [2.05, 4.69) is 30.5 Å². The predicted octanol–water partition coefficient (Wildman–Crippen LogP) is 0.484. The molecule has 9 nitrogen and oxygen atoms in total. The third-order valence-corrected chi connectivity index (χ3v) is 4.42. The number of anilines is 1. The van der Waals surface area contributed by atoms with Crippen LogP contribution in [0.2, 0.25) is 0 Å². The Balaban J connectivity index is 1.91. The van der Waals surface area contributed by atoms with Crippen molar-refractivity contribution in [2.75, 3.05) is 5.73 Å². The number of H-pyrrole nitrogens is 2. The van der Waals surface area contributed by atoms with Gasteiger partial charge in [-0.3, -0.25) is 14.7 Å². The Labute approximate surface area is 128 Å². The minimum Gasteiger partial charge on any atom is -0.367 e. The number of nitrogens with two attached hydrogens (primary N) is 1. The standard InChI is InChI=1S/C12H13N7O2S/c1-4-6-9(20)14-3-15-11(6)22-7(4)10(21)16-5(2)8-17-12(13)19-18-8/h3,5H,1-2H3,(H,16,21)(H,14,15,20)(H3,13,17,18,19)/t5-/m0/s1. The van der Waals surface area contributed by atoms with Crippen LogP contribution in [0.3, 0.4) is 0 Å². The Morgan fingerprint density at radius 3 is 2.91 bits per heavy atom. The van der Waals surface area contributed by atoms with E-state index in [0.29, 0.717) is 26.5 Å². The number of aryl methyl sites for hydroxylation is 1. The number of fused-ring (bicyclic) bond motifs is 1. The van der Waals surface area contributed by atoms with Gasteiger partial charge in [-0.15, -0.1) is 16.4 Å². The van der Waals surface area contributed by atoms with Crippen LogP contribution in [0, 0.1) is 6.92 Å². The van der Waals surface area contributed by atoms with E-state index in [9.17, 15) is 9.59 Å². The van der Waals surface area contributed by atoms with E-state index in [4.69, 9.17) is 5.73 Å². The van der Waals surface area contributed by atoms with Crippen molar-refractivity contribution in [1.82, 2.24) is 30.5 Å². The maximum Gasteiger partial charge on any atom is 0.262 e. The lowest BCUT2D eigenvalue weighted by atomic mass is 10.2. The van der Waals surface area contributed by atoms with E-state index >= 15 is 0 Å². The van der Waals surface area contributed by atoms with Gasteiger partial charge in [0.25, 0.3) is 11.5 Å². The Hall–Kier alpha value is -2.75. The molecule has 0 aliphatic rings. The van der Waals surface area contributed by atoms with E-state index < -0.39 is 6.04 Å². The maximum atomic E-state index is 12.4. The van der Waals surface area contributed by atoms with Crippen LogP contribution in [0.5, 0.6) is 0 Å². The Morgan fingerprint density at radius 1 is 1.50 bits per heavy atom. The van der Waals surface area contributed by atoms with Crippen molar-refractivity contribution < 1.29 is 4.79 Å². The van der Waals surface area contributed by atoms with Crippen LogP contribution < -0.4 is 16.6 Å². The molecule has 114 valence electrons. The summed E-state index contributed by atoms with van der Waals surface area (Å²) in [5.41, 5.74) is 5.79. The molecule has 0 aliphatic heterocycles. The van der Waals surface area contributed by atoms with Crippen LogP contribution >= 0.6 is 11.3 Å². The summed E-state index contributed by atoms with van der Waals surface area (Å²) in [6, 6.07) is -0.395. The summed E-state index contributed by atoms with van der Waals surface area (Å²) in [4.78, 5) is 35.8. The van der Waals surface area contributed by atoms with E-state index in [1.54, 1.807) is 13.8 Å². The fourth-order valence-electron chi connectivity index (χ4n) is 2.11. The Bertz CT molecular complexity index is 910. The molecule has 3 aromatic heterocycles. The molecule has 0 unspecified atom stereocenters. The topological polar surface area (TPSA) is 142 Å². The fraction of sp³-hybridized carbons (Fsp3) is 0.250. The molecule has 3 heterocycles. The summed E-state index contributed by atoms with van der Waals surface area (Å²) in [6.45, 7) is 3.48. The zero-order valence-electron chi connectivity index (χ0n) is 11.8. The van der Waals surface area contributed by atoms with Crippen molar-refractivity contribution >= 4 is 33.4 Å². The third kappa shape index (κ3) is 2.33. The number of nitrogens with zero attached hydrogens (tertiary/aromatic N) is 3. The lowest BCUT2D eigenvalue weighted by Crippen LogP contribution is -2.27. The van der Waals surface area contributed by atoms with E-state index in [1.807, 2.05) is 0 Å². The van der Waals surface area contributed by atoms with E-state index in [0.717, 1.165) is 0 Å². The molecule has 0 bridgehead atoms. The molecule has 0 saturated heterocycles. The summed E-state index contributed by atoms with van der Waals surface area (Å²) >= 11 is 1.17. The number of hydrogen-bond donors (Lipinski definition) is 4. The number of thiophene rings is 1. The molecule has 0 aliphatic carbocycles. The maximum absolute atomic E-state index is 12.4. The third-order valence-electron chi connectivity index (χ3n) is 3.22. The van der Waals surface area contributed by atoms with Crippen molar-refractivity contribution in [2.45, 2.75) is 19.9 Å². The number of nitrogens with one attached hydrogen (secondary N) is 3. The van der Waals surface area contributed by atoms with Gasteiger partial charge < -0.3 is 16.0 Å². The molecule has 0 spiro atoms. The molecule has 1 atom stereocenters. The highest BCUT2D eigenvalue weighted by molar-refractivity contribution is 7.20. The van der Waals surface area contributed by atoms with E-state index in [1.165, 1.54) is 17.7 Å². The van der Waals surface area contributed by atoms with E-state index in [-0.39, 0.29) is 17.4 Å². The first kappa shape index (κ1) is 14.2. The molecule has 0 saturated carbocycles. The molecule has 0 radical (unpaired) electrons. The summed E-state index contributed by atoms with van der Waals surface area (Å²) in [5, 5.41) is 9.60. The van der Waals surface area contributed by atoms with Gasteiger partial charge in [0.1, 0.15) is 10.7 Å². The predicted molar refractivity (Wildman–Crippen MR) is 81.7 cm³/mol. The zero-order chi connectivity index (χ0) is 15.9. The van der Waals surface area contributed by atoms with Crippen LogP contribution in [0.4, 0.5) is 5.95 Å². The number of nitrogen functional groups attached to an aromatic ring is 1. The highest BCUT2D eigenvalue weighted by Gasteiger charge is 2.21. The quantitative estimate of drug-likeness (QED) is 0.553. The van der Waals surface area contributed by atoms with Gasteiger partial charge in [-0.25, -0.2) is 4.98 Å². The second-order valence-electron chi connectivity index (χ2n) is 4.74. The first-order valence-corrected chi connectivity index (χ1v) is 7.24. The first-order valence-electron chi connectivity index (χ1n) is 6.42. The van der Waals surface area contributed by atoms with Gasteiger partial charge in [0.05, 0.1) is 22.6 Å². The molecule has 0 fully saturated rings. The average molecular weight is 319 g/mol. The normalized spacial score (nSPS) is 12.5. The molecule has 1 amide bonds. The summed E-state index contributed by atoms with van der Waals surface area (Å²) in [6.07, 6.45) is 1.32. The fourth-order valence-corrected chi connectivity index (χ4v) is 3.16. The van der Waals surface area contributed by atoms with Crippen LogP contribution in [0.25, 0.3) is 10.2 Å². The van der Waals surface area contributed by atoms with Gasteiger partial charge in [-0.05, 0) is 19.4 Å². The minimum atomic E-state index is -0.395.